The third-order valence-corrected chi connectivity index (χ3v) is 2.52. The van der Waals surface area contributed by atoms with Crippen molar-refractivity contribution in [1.82, 2.24) is 9.55 Å². The van der Waals surface area contributed by atoms with Crippen molar-refractivity contribution in [2.24, 2.45) is 7.05 Å². The Morgan fingerprint density at radius 1 is 1.56 bits per heavy atom. The van der Waals surface area contributed by atoms with Gasteiger partial charge in [-0.2, -0.15) is 4.98 Å². The Morgan fingerprint density at radius 2 is 2.12 bits per heavy atom. The van der Waals surface area contributed by atoms with Crippen LogP contribution >= 0.6 is 6.72 Å². The van der Waals surface area contributed by atoms with Gasteiger partial charge in [0, 0.05) is 24.8 Å². The van der Waals surface area contributed by atoms with Crippen LogP contribution in [0.1, 0.15) is 25.6 Å². The first kappa shape index (κ1) is 13.3. The van der Waals surface area contributed by atoms with E-state index in [1.54, 1.807) is 7.05 Å². The summed E-state index contributed by atoms with van der Waals surface area (Å²) in [5.74, 6) is 0.350. The maximum atomic E-state index is 11.5. The maximum absolute atomic E-state index is 11.5. The molecule has 1 rings (SSSR count). The van der Waals surface area contributed by atoms with Crippen LogP contribution in [0.3, 0.4) is 0 Å². The molecule has 0 radical (unpaired) electrons. The number of nitrogens with zero attached hydrogens (tertiary/aromatic N) is 2. The molecule has 2 N–H and O–H groups in total. The van der Waals surface area contributed by atoms with Crippen molar-refractivity contribution in [1.29, 1.82) is 0 Å². The van der Waals surface area contributed by atoms with Gasteiger partial charge in [-0.25, -0.2) is 0 Å². The van der Waals surface area contributed by atoms with Gasteiger partial charge in [0.15, 0.2) is 0 Å². The van der Waals surface area contributed by atoms with Crippen LogP contribution in [0, 0.1) is 0 Å². The second-order valence-corrected chi connectivity index (χ2v) is 6.18. The lowest BCUT2D eigenvalue weighted by Crippen LogP contribution is -2.22. The largest absolute Gasteiger partial charge is 0.406 e. The van der Waals surface area contributed by atoms with Crippen molar-refractivity contribution >= 4 is 18.5 Å². The number of hydrogen-bond acceptors (Lipinski definition) is 4. The minimum Gasteiger partial charge on any atom is -0.406 e. The highest BCUT2D eigenvalue weighted by Gasteiger charge is 2.15. The summed E-state index contributed by atoms with van der Waals surface area (Å²) in [6, 6.07) is 1.07. The molecule has 16 heavy (non-hydrogen) atoms. The standard InChI is InChI=1S/C8H13N2O4PS/c1-5(2)8-9-6(14-15(12,13)16)4-7(11)10(8)3/h4-5H,1-3H3,(H2,12,13,16). The molecule has 0 aliphatic rings. The summed E-state index contributed by atoms with van der Waals surface area (Å²) in [6.45, 7) is -0.129. The molecule has 0 atom stereocenters. The van der Waals surface area contributed by atoms with Gasteiger partial charge < -0.3 is 14.3 Å². The van der Waals surface area contributed by atoms with Crippen molar-refractivity contribution < 1.29 is 14.3 Å². The van der Waals surface area contributed by atoms with Crippen molar-refractivity contribution in [2.45, 2.75) is 19.8 Å². The summed E-state index contributed by atoms with van der Waals surface area (Å²) in [5.41, 5.74) is -0.336. The lowest BCUT2D eigenvalue weighted by molar-refractivity contribution is 0.362. The average molecular weight is 264 g/mol. The zero-order valence-electron chi connectivity index (χ0n) is 9.12. The third kappa shape index (κ3) is 3.38. The molecule has 1 heterocycles. The van der Waals surface area contributed by atoms with Crippen molar-refractivity contribution in [3.05, 3.63) is 22.2 Å². The summed E-state index contributed by atoms with van der Waals surface area (Å²) in [6.07, 6.45) is 0. The number of hydrogen-bond donors (Lipinski definition) is 2. The number of aromatic nitrogens is 2. The Hall–Kier alpha value is -0.750. The van der Waals surface area contributed by atoms with Crippen LogP contribution in [0.15, 0.2) is 10.9 Å². The average Bonchev–Trinajstić information content (AvgIpc) is 2.07. The first-order chi connectivity index (χ1) is 7.20. The van der Waals surface area contributed by atoms with Crippen LogP contribution < -0.4 is 10.1 Å². The van der Waals surface area contributed by atoms with Gasteiger partial charge in [-0.3, -0.25) is 9.36 Å². The van der Waals surface area contributed by atoms with E-state index in [1.165, 1.54) is 4.57 Å². The molecule has 0 fully saturated rings. The molecule has 0 saturated carbocycles. The SMILES string of the molecule is CC(C)c1nc(OP(O)(O)=S)cc(=O)n1C. The van der Waals surface area contributed by atoms with Crippen LogP contribution in [-0.4, -0.2) is 19.3 Å². The predicted molar refractivity (Wildman–Crippen MR) is 62.9 cm³/mol. The Morgan fingerprint density at radius 3 is 2.56 bits per heavy atom. The van der Waals surface area contributed by atoms with Crippen molar-refractivity contribution in [3.8, 4) is 5.88 Å². The van der Waals surface area contributed by atoms with Gasteiger partial charge in [0.2, 0.25) is 5.88 Å². The third-order valence-electron chi connectivity index (χ3n) is 1.87. The van der Waals surface area contributed by atoms with Gasteiger partial charge in [-0.15, -0.1) is 0 Å². The highest BCUT2D eigenvalue weighted by Crippen LogP contribution is 2.36. The molecule has 1 aromatic rings. The smallest absolute Gasteiger partial charge is 0.376 e. The second kappa shape index (κ2) is 4.63. The summed E-state index contributed by atoms with van der Waals surface area (Å²) in [7, 11) is 1.59. The van der Waals surface area contributed by atoms with Crippen molar-refractivity contribution in [3.63, 3.8) is 0 Å². The Labute approximate surface area is 97.8 Å². The van der Waals surface area contributed by atoms with E-state index >= 15 is 0 Å². The Kier molecular flexibility index (Phi) is 3.85. The Balaban J connectivity index is 3.25. The molecular weight excluding hydrogens is 251 g/mol. The van der Waals surface area contributed by atoms with Crippen LogP contribution in [0.2, 0.25) is 0 Å². The molecule has 0 aliphatic heterocycles. The summed E-state index contributed by atoms with van der Waals surface area (Å²) >= 11 is 4.30. The Bertz CT molecular complexity index is 493. The topological polar surface area (TPSA) is 84.6 Å². The lowest BCUT2D eigenvalue weighted by Gasteiger charge is -2.13. The van der Waals surface area contributed by atoms with E-state index in [-0.39, 0.29) is 17.4 Å². The molecule has 0 aliphatic carbocycles. The first-order valence-electron chi connectivity index (χ1n) is 4.54. The highest BCUT2D eigenvalue weighted by atomic mass is 32.5. The monoisotopic (exact) mass is 264 g/mol. The van der Waals surface area contributed by atoms with Gasteiger partial charge >= 0.3 is 6.72 Å². The summed E-state index contributed by atoms with van der Waals surface area (Å²) in [4.78, 5) is 33.5. The fraction of sp³-hybridized carbons (Fsp3) is 0.500. The lowest BCUT2D eigenvalue weighted by atomic mass is 10.2. The molecule has 0 spiro atoms. The molecule has 0 saturated heterocycles. The van der Waals surface area contributed by atoms with Crippen LogP contribution in [0.4, 0.5) is 0 Å². The van der Waals surface area contributed by atoms with Gasteiger partial charge in [0.05, 0.1) is 6.07 Å². The number of rotatable bonds is 3. The van der Waals surface area contributed by atoms with E-state index in [0.29, 0.717) is 5.82 Å². The van der Waals surface area contributed by atoms with E-state index in [2.05, 4.69) is 21.3 Å². The van der Waals surface area contributed by atoms with Crippen molar-refractivity contribution in [2.75, 3.05) is 0 Å². The molecule has 90 valence electrons. The van der Waals surface area contributed by atoms with Gasteiger partial charge in [0.25, 0.3) is 5.56 Å². The highest BCUT2D eigenvalue weighted by molar-refractivity contribution is 8.06. The molecule has 0 amide bonds. The second-order valence-electron chi connectivity index (χ2n) is 3.59. The fourth-order valence-corrected chi connectivity index (χ4v) is 1.79. The summed E-state index contributed by atoms with van der Waals surface area (Å²) < 4.78 is 6.01. The molecule has 0 bridgehead atoms. The molecule has 6 nitrogen and oxygen atoms in total. The minimum atomic E-state index is -3.85. The van der Waals surface area contributed by atoms with Gasteiger partial charge in [0.1, 0.15) is 5.82 Å². The van der Waals surface area contributed by atoms with Gasteiger partial charge in [-0.05, 0) is 0 Å². The van der Waals surface area contributed by atoms with Crippen LogP contribution in [-0.2, 0) is 18.9 Å². The van der Waals surface area contributed by atoms with E-state index in [1.807, 2.05) is 13.8 Å². The molecule has 8 heteroatoms. The van der Waals surface area contributed by atoms with E-state index in [4.69, 9.17) is 9.79 Å². The zero-order valence-corrected chi connectivity index (χ0v) is 10.8. The summed E-state index contributed by atoms with van der Waals surface area (Å²) in [5, 5.41) is 0. The maximum Gasteiger partial charge on any atom is 0.376 e. The van der Waals surface area contributed by atoms with E-state index < -0.39 is 6.72 Å². The van der Waals surface area contributed by atoms with Crippen LogP contribution in [0.25, 0.3) is 0 Å². The zero-order chi connectivity index (χ0) is 12.5. The van der Waals surface area contributed by atoms with Gasteiger partial charge in [-0.1, -0.05) is 13.8 Å². The normalized spacial score (nSPS) is 11.9. The fourth-order valence-electron chi connectivity index (χ4n) is 1.22. The first-order valence-corrected chi connectivity index (χ1v) is 7.16. The predicted octanol–water partition coefficient (Wildman–Crippen LogP) is 0.492. The van der Waals surface area contributed by atoms with Crippen LogP contribution in [0.5, 0.6) is 5.88 Å². The minimum absolute atomic E-state index is 0.0106. The molecule has 0 unspecified atom stereocenters. The van der Waals surface area contributed by atoms with E-state index in [9.17, 15) is 4.79 Å². The molecule has 0 aromatic carbocycles. The van der Waals surface area contributed by atoms with E-state index in [0.717, 1.165) is 6.07 Å². The molecular formula is C8H13N2O4PS. The quantitative estimate of drug-likeness (QED) is 0.773. The molecule has 1 aromatic heterocycles.